The third-order valence-corrected chi connectivity index (χ3v) is 7.08. The number of hydrogen-bond acceptors (Lipinski definition) is 6. The Hall–Kier alpha value is -2.55. The van der Waals surface area contributed by atoms with E-state index in [2.05, 4.69) is 5.10 Å². The van der Waals surface area contributed by atoms with Gasteiger partial charge in [-0.2, -0.15) is 5.10 Å². The van der Waals surface area contributed by atoms with Crippen molar-refractivity contribution >= 4 is 39.0 Å². The summed E-state index contributed by atoms with van der Waals surface area (Å²) in [6.45, 7) is 8.39. The molecule has 0 N–H and O–H groups in total. The number of nitrogens with zero attached hydrogens (tertiary/aromatic N) is 2. The summed E-state index contributed by atoms with van der Waals surface area (Å²) in [4.78, 5) is 12.6. The molecule has 0 saturated carbocycles. The number of halogens is 2. The Morgan fingerprint density at radius 2 is 1.70 bits per heavy atom. The molecule has 0 amide bonds. The third-order valence-electron chi connectivity index (χ3n) is 4.65. The van der Waals surface area contributed by atoms with Crippen LogP contribution >= 0.6 is 23.2 Å². The van der Waals surface area contributed by atoms with Crippen molar-refractivity contribution in [3.05, 3.63) is 63.8 Å². The zero-order valence-corrected chi connectivity index (χ0v) is 21.2. The average Bonchev–Trinajstić information content (AvgIpc) is 3.04. The second kappa shape index (κ2) is 9.37. The first-order valence-corrected chi connectivity index (χ1v) is 12.2. The molecule has 33 heavy (non-hydrogen) atoms. The van der Waals surface area contributed by atoms with Crippen LogP contribution in [-0.4, -0.2) is 30.8 Å². The van der Waals surface area contributed by atoms with Gasteiger partial charge in [-0.25, -0.2) is 17.9 Å². The lowest BCUT2D eigenvalue weighted by molar-refractivity contribution is -0.137. The zero-order valence-electron chi connectivity index (χ0n) is 18.8. The average molecular weight is 511 g/mol. The van der Waals surface area contributed by atoms with E-state index in [1.807, 2.05) is 27.7 Å². The van der Waals surface area contributed by atoms with Gasteiger partial charge in [0.25, 0.3) is 0 Å². The number of esters is 1. The standard InChI is InChI=1S/C23H24Cl2N2O5S/c1-14-6-9-17(10-7-14)33(29,30)21-15(2)26-27(23(3,4)5)22(21)32-20(28)13-31-19-11-8-16(24)12-18(19)25/h6-12H,13H2,1-5H3. The van der Waals surface area contributed by atoms with Crippen molar-refractivity contribution in [2.75, 3.05) is 6.61 Å². The van der Waals surface area contributed by atoms with E-state index in [0.717, 1.165) is 5.56 Å². The maximum Gasteiger partial charge on any atom is 0.350 e. The summed E-state index contributed by atoms with van der Waals surface area (Å²) >= 11 is 11.9. The second-order valence-electron chi connectivity index (χ2n) is 8.46. The molecular weight excluding hydrogens is 487 g/mol. The molecule has 0 aliphatic heterocycles. The quantitative estimate of drug-likeness (QED) is 0.413. The van der Waals surface area contributed by atoms with Crippen molar-refractivity contribution in [2.24, 2.45) is 0 Å². The molecule has 0 radical (unpaired) electrons. The SMILES string of the molecule is Cc1ccc(S(=O)(=O)c2c(C)nn(C(C)(C)C)c2OC(=O)COc2ccc(Cl)cc2Cl)cc1. The van der Waals surface area contributed by atoms with Crippen LogP contribution in [0.15, 0.2) is 52.3 Å². The summed E-state index contributed by atoms with van der Waals surface area (Å²) in [6.07, 6.45) is 0. The van der Waals surface area contributed by atoms with E-state index in [0.29, 0.717) is 5.02 Å². The Morgan fingerprint density at radius 3 is 2.27 bits per heavy atom. The van der Waals surface area contributed by atoms with Crippen LogP contribution in [0.25, 0.3) is 0 Å². The zero-order chi connectivity index (χ0) is 24.6. The van der Waals surface area contributed by atoms with Gasteiger partial charge < -0.3 is 9.47 Å². The van der Waals surface area contributed by atoms with E-state index in [1.54, 1.807) is 25.1 Å². The maximum absolute atomic E-state index is 13.5. The van der Waals surface area contributed by atoms with Gasteiger partial charge in [-0.3, -0.25) is 0 Å². The first-order valence-electron chi connectivity index (χ1n) is 10.0. The molecule has 0 aliphatic carbocycles. The molecule has 2 aromatic carbocycles. The van der Waals surface area contributed by atoms with Crippen molar-refractivity contribution < 1.29 is 22.7 Å². The summed E-state index contributed by atoms with van der Waals surface area (Å²) in [5, 5.41) is 5.02. The van der Waals surface area contributed by atoms with Crippen LogP contribution in [0.2, 0.25) is 10.0 Å². The summed E-state index contributed by atoms with van der Waals surface area (Å²) in [7, 11) is -4.02. The van der Waals surface area contributed by atoms with Crippen molar-refractivity contribution in [3.63, 3.8) is 0 Å². The fourth-order valence-electron chi connectivity index (χ4n) is 3.05. The number of rotatable bonds is 6. The van der Waals surface area contributed by atoms with Crippen LogP contribution in [0, 0.1) is 13.8 Å². The van der Waals surface area contributed by atoms with Gasteiger partial charge in [-0.15, -0.1) is 0 Å². The Kier molecular flexibility index (Phi) is 7.12. The second-order valence-corrected chi connectivity index (χ2v) is 11.2. The summed E-state index contributed by atoms with van der Waals surface area (Å²) in [5.74, 6) is -0.742. The highest BCUT2D eigenvalue weighted by Crippen LogP contribution is 2.36. The van der Waals surface area contributed by atoms with E-state index in [-0.39, 0.29) is 32.1 Å². The topological polar surface area (TPSA) is 87.5 Å². The lowest BCUT2D eigenvalue weighted by atomic mass is 10.1. The fraction of sp³-hybridized carbons (Fsp3) is 0.304. The molecule has 0 bridgehead atoms. The van der Waals surface area contributed by atoms with Gasteiger partial charge in [0.15, 0.2) is 11.5 Å². The van der Waals surface area contributed by atoms with Crippen molar-refractivity contribution in [3.8, 4) is 11.6 Å². The van der Waals surface area contributed by atoms with Gasteiger partial charge in [0.2, 0.25) is 15.7 Å². The maximum atomic E-state index is 13.5. The van der Waals surface area contributed by atoms with Gasteiger partial charge in [-0.1, -0.05) is 40.9 Å². The molecule has 0 atom stereocenters. The molecule has 176 valence electrons. The van der Waals surface area contributed by atoms with E-state index in [1.165, 1.54) is 28.9 Å². The largest absolute Gasteiger partial charge is 0.480 e. The van der Waals surface area contributed by atoms with Crippen molar-refractivity contribution in [2.45, 2.75) is 49.9 Å². The number of carbonyl (C=O) groups is 1. The number of aromatic nitrogens is 2. The Morgan fingerprint density at radius 1 is 1.06 bits per heavy atom. The molecule has 0 aliphatic rings. The number of sulfone groups is 1. The fourth-order valence-corrected chi connectivity index (χ4v) is 5.03. The molecule has 1 heterocycles. The van der Waals surface area contributed by atoms with E-state index < -0.39 is 28.0 Å². The smallest absolute Gasteiger partial charge is 0.350 e. The number of carbonyl (C=O) groups excluding carboxylic acids is 1. The lowest BCUT2D eigenvalue weighted by Gasteiger charge is -2.22. The Bertz CT molecular complexity index is 1290. The van der Waals surface area contributed by atoms with Gasteiger partial charge in [0.05, 0.1) is 21.2 Å². The lowest BCUT2D eigenvalue weighted by Crippen LogP contribution is -2.27. The van der Waals surface area contributed by atoms with E-state index >= 15 is 0 Å². The molecule has 1 aromatic heterocycles. The van der Waals surface area contributed by atoms with Gasteiger partial charge in [0, 0.05) is 5.02 Å². The van der Waals surface area contributed by atoms with Gasteiger partial charge >= 0.3 is 5.97 Å². The molecule has 3 aromatic rings. The summed E-state index contributed by atoms with van der Waals surface area (Å²) in [5.41, 5.74) is 0.470. The Labute approximate surface area is 203 Å². The van der Waals surface area contributed by atoms with Crippen LogP contribution in [0.4, 0.5) is 0 Å². The minimum absolute atomic E-state index is 0.0751. The number of aryl methyl sites for hydroxylation is 2. The minimum Gasteiger partial charge on any atom is -0.480 e. The minimum atomic E-state index is -4.02. The van der Waals surface area contributed by atoms with Crippen LogP contribution in [0.5, 0.6) is 11.6 Å². The highest BCUT2D eigenvalue weighted by Gasteiger charge is 2.34. The van der Waals surface area contributed by atoms with E-state index in [9.17, 15) is 13.2 Å². The molecule has 0 saturated heterocycles. The number of hydrogen-bond donors (Lipinski definition) is 0. The van der Waals surface area contributed by atoms with Crippen LogP contribution < -0.4 is 9.47 Å². The number of ether oxygens (including phenoxy) is 2. The van der Waals surface area contributed by atoms with Crippen molar-refractivity contribution in [1.82, 2.24) is 9.78 Å². The normalized spacial score (nSPS) is 12.0. The monoisotopic (exact) mass is 510 g/mol. The first-order chi connectivity index (χ1) is 15.3. The van der Waals surface area contributed by atoms with Crippen LogP contribution in [0.3, 0.4) is 0 Å². The van der Waals surface area contributed by atoms with E-state index in [4.69, 9.17) is 32.7 Å². The molecule has 3 rings (SSSR count). The predicted molar refractivity (Wildman–Crippen MR) is 126 cm³/mol. The summed E-state index contributed by atoms with van der Waals surface area (Å²) in [6, 6.07) is 11.0. The molecule has 0 fully saturated rings. The molecular formula is C23H24Cl2N2O5S. The molecule has 0 unspecified atom stereocenters. The van der Waals surface area contributed by atoms with Crippen LogP contribution in [0.1, 0.15) is 32.0 Å². The molecule has 0 spiro atoms. The van der Waals surface area contributed by atoms with Crippen molar-refractivity contribution in [1.29, 1.82) is 0 Å². The first kappa shape index (κ1) is 25.1. The highest BCUT2D eigenvalue weighted by atomic mass is 35.5. The predicted octanol–water partition coefficient (Wildman–Crippen LogP) is 5.38. The third kappa shape index (κ3) is 5.51. The Balaban J connectivity index is 1.97. The summed E-state index contributed by atoms with van der Waals surface area (Å²) < 4.78 is 39.3. The van der Waals surface area contributed by atoms with Gasteiger partial charge in [0.1, 0.15) is 5.75 Å². The molecule has 10 heteroatoms. The number of benzene rings is 2. The molecule has 7 nitrogen and oxygen atoms in total. The highest BCUT2D eigenvalue weighted by molar-refractivity contribution is 7.91. The van der Waals surface area contributed by atoms with Crippen LogP contribution in [-0.2, 0) is 20.2 Å². The van der Waals surface area contributed by atoms with Gasteiger partial charge in [-0.05, 0) is 65.0 Å².